The number of hydrogen-bond acceptors (Lipinski definition) is 5. The summed E-state index contributed by atoms with van der Waals surface area (Å²) in [6.07, 6.45) is 3.59. The highest BCUT2D eigenvalue weighted by Crippen LogP contribution is 2.55. The molecule has 0 heterocycles. The van der Waals surface area contributed by atoms with Crippen LogP contribution in [0, 0.1) is 0 Å². The van der Waals surface area contributed by atoms with E-state index in [9.17, 15) is 9.59 Å². The molecule has 2 rings (SSSR count). The van der Waals surface area contributed by atoms with Crippen LogP contribution in [0.2, 0.25) is 5.02 Å². The van der Waals surface area contributed by atoms with Crippen molar-refractivity contribution in [3.63, 3.8) is 0 Å². The van der Waals surface area contributed by atoms with Crippen molar-refractivity contribution in [2.24, 2.45) is 4.99 Å². The molecule has 5 nitrogen and oxygen atoms in total. The minimum Gasteiger partial charge on any atom is -0.492 e. The van der Waals surface area contributed by atoms with E-state index in [1.807, 2.05) is 0 Å². The van der Waals surface area contributed by atoms with Crippen molar-refractivity contribution >= 4 is 24.0 Å². The molecule has 0 aliphatic heterocycles. The Hall–Kier alpha value is -1.84. The van der Waals surface area contributed by atoms with Gasteiger partial charge in [-0.3, -0.25) is 4.79 Å². The second-order valence-electron chi connectivity index (χ2n) is 4.24. The fraction of sp³-hybridized carbons (Fsp3) is 0.385. The molecule has 1 saturated carbocycles. The molecular formula is C13H12ClNO4. The van der Waals surface area contributed by atoms with Crippen LogP contribution in [-0.4, -0.2) is 26.6 Å². The quantitative estimate of drug-likeness (QED) is 0.472. The SMILES string of the molecule is COc1c(C2(N=C=O)CC2)cc(Cl)c(C=O)c1OC. The Labute approximate surface area is 115 Å². The van der Waals surface area contributed by atoms with E-state index in [2.05, 4.69) is 4.99 Å². The van der Waals surface area contributed by atoms with E-state index in [-0.39, 0.29) is 16.3 Å². The van der Waals surface area contributed by atoms with Crippen molar-refractivity contribution in [2.45, 2.75) is 18.4 Å². The summed E-state index contributed by atoms with van der Waals surface area (Å²) in [5.41, 5.74) is 0.215. The topological polar surface area (TPSA) is 65.0 Å². The summed E-state index contributed by atoms with van der Waals surface area (Å²) in [6.45, 7) is 0. The highest BCUT2D eigenvalue weighted by molar-refractivity contribution is 6.33. The van der Waals surface area contributed by atoms with Crippen molar-refractivity contribution in [1.82, 2.24) is 0 Å². The third kappa shape index (κ3) is 2.11. The summed E-state index contributed by atoms with van der Waals surface area (Å²) < 4.78 is 10.5. The number of aldehydes is 1. The summed E-state index contributed by atoms with van der Waals surface area (Å²) in [6, 6.07) is 1.60. The minimum atomic E-state index is -0.647. The molecule has 0 amide bonds. The maximum absolute atomic E-state index is 11.1. The van der Waals surface area contributed by atoms with Gasteiger partial charge in [0.05, 0.1) is 24.8 Å². The number of hydrogen-bond donors (Lipinski definition) is 0. The summed E-state index contributed by atoms with van der Waals surface area (Å²) in [5, 5.41) is 0.245. The van der Waals surface area contributed by atoms with Gasteiger partial charge < -0.3 is 9.47 Å². The van der Waals surface area contributed by atoms with E-state index in [4.69, 9.17) is 21.1 Å². The van der Waals surface area contributed by atoms with Gasteiger partial charge in [-0.05, 0) is 18.9 Å². The molecule has 1 aliphatic rings. The molecule has 1 fully saturated rings. The highest BCUT2D eigenvalue weighted by atomic mass is 35.5. The van der Waals surface area contributed by atoms with Gasteiger partial charge in [0.25, 0.3) is 0 Å². The van der Waals surface area contributed by atoms with Gasteiger partial charge in [0.2, 0.25) is 6.08 Å². The number of nitrogens with zero attached hydrogens (tertiary/aromatic N) is 1. The summed E-state index contributed by atoms with van der Waals surface area (Å²) >= 11 is 6.07. The van der Waals surface area contributed by atoms with Gasteiger partial charge in [0.1, 0.15) is 5.54 Å². The third-order valence-corrected chi connectivity index (χ3v) is 3.55. The van der Waals surface area contributed by atoms with E-state index < -0.39 is 5.54 Å². The Morgan fingerprint density at radius 3 is 2.42 bits per heavy atom. The molecule has 0 unspecified atom stereocenters. The van der Waals surface area contributed by atoms with Crippen molar-refractivity contribution in [3.8, 4) is 11.5 Å². The van der Waals surface area contributed by atoms with E-state index >= 15 is 0 Å². The number of rotatable bonds is 5. The average Bonchev–Trinajstić information content (AvgIpc) is 3.18. The smallest absolute Gasteiger partial charge is 0.235 e. The highest BCUT2D eigenvalue weighted by Gasteiger charge is 2.48. The van der Waals surface area contributed by atoms with Crippen molar-refractivity contribution < 1.29 is 19.1 Å². The van der Waals surface area contributed by atoms with Gasteiger partial charge in [0.15, 0.2) is 17.8 Å². The maximum Gasteiger partial charge on any atom is 0.235 e. The first kappa shape index (κ1) is 13.6. The fourth-order valence-electron chi connectivity index (χ4n) is 2.13. The fourth-order valence-corrected chi connectivity index (χ4v) is 2.37. The van der Waals surface area contributed by atoms with Gasteiger partial charge in [-0.15, -0.1) is 0 Å². The molecule has 1 aromatic carbocycles. The van der Waals surface area contributed by atoms with Crippen LogP contribution in [0.15, 0.2) is 11.1 Å². The zero-order valence-electron chi connectivity index (χ0n) is 10.5. The largest absolute Gasteiger partial charge is 0.492 e. The minimum absolute atomic E-state index is 0.218. The van der Waals surface area contributed by atoms with Gasteiger partial charge >= 0.3 is 0 Å². The predicted octanol–water partition coefficient (Wildman–Crippen LogP) is 2.49. The molecule has 100 valence electrons. The first-order valence-corrected chi connectivity index (χ1v) is 6.00. The number of ether oxygens (including phenoxy) is 2. The zero-order chi connectivity index (χ0) is 14.0. The van der Waals surface area contributed by atoms with E-state index in [1.165, 1.54) is 14.2 Å². The monoisotopic (exact) mass is 281 g/mol. The second kappa shape index (κ2) is 5.03. The zero-order valence-corrected chi connectivity index (χ0v) is 11.3. The standard InChI is InChI=1S/C13H12ClNO4/c1-18-11-8(6-16)10(14)5-9(12(11)19-2)13(3-4-13)15-7-17/h5-6H,3-4H2,1-2H3. The Bertz CT molecular complexity index is 574. The molecule has 1 aliphatic carbocycles. The molecule has 1 aromatic rings. The van der Waals surface area contributed by atoms with E-state index in [0.29, 0.717) is 30.4 Å². The van der Waals surface area contributed by atoms with Crippen molar-refractivity contribution in [2.75, 3.05) is 14.2 Å². The second-order valence-corrected chi connectivity index (χ2v) is 4.65. The average molecular weight is 282 g/mol. The van der Waals surface area contributed by atoms with Crippen LogP contribution in [0.4, 0.5) is 0 Å². The van der Waals surface area contributed by atoms with Gasteiger partial charge in [-0.2, -0.15) is 4.99 Å². The Morgan fingerprint density at radius 1 is 1.37 bits per heavy atom. The molecule has 19 heavy (non-hydrogen) atoms. The predicted molar refractivity (Wildman–Crippen MR) is 69.0 cm³/mol. The molecule has 0 bridgehead atoms. The summed E-state index contributed by atoms with van der Waals surface area (Å²) in [4.78, 5) is 25.4. The molecular weight excluding hydrogens is 270 g/mol. The van der Waals surface area contributed by atoms with E-state index in [1.54, 1.807) is 12.1 Å². The van der Waals surface area contributed by atoms with Gasteiger partial charge in [-0.25, -0.2) is 4.79 Å². The molecule has 0 aromatic heterocycles. The Balaban J connectivity index is 2.72. The number of carbonyl (C=O) groups is 1. The van der Waals surface area contributed by atoms with Crippen LogP contribution >= 0.6 is 11.6 Å². The summed E-state index contributed by atoms with van der Waals surface area (Å²) in [7, 11) is 2.89. The first-order chi connectivity index (χ1) is 9.13. The summed E-state index contributed by atoms with van der Waals surface area (Å²) in [5.74, 6) is 0.637. The lowest BCUT2D eigenvalue weighted by Crippen LogP contribution is -2.08. The lowest BCUT2D eigenvalue weighted by Gasteiger charge is -2.18. The van der Waals surface area contributed by atoms with Gasteiger partial charge in [-0.1, -0.05) is 11.6 Å². The molecule has 0 spiro atoms. The van der Waals surface area contributed by atoms with Crippen LogP contribution in [0.25, 0.3) is 0 Å². The number of benzene rings is 1. The maximum atomic E-state index is 11.1. The van der Waals surface area contributed by atoms with Crippen LogP contribution in [0.5, 0.6) is 11.5 Å². The third-order valence-electron chi connectivity index (χ3n) is 3.23. The molecule has 0 N–H and O–H groups in total. The van der Waals surface area contributed by atoms with Crippen LogP contribution in [0.1, 0.15) is 28.8 Å². The number of halogens is 1. The van der Waals surface area contributed by atoms with E-state index in [0.717, 1.165) is 0 Å². The molecule has 6 heteroatoms. The Morgan fingerprint density at radius 2 is 2.00 bits per heavy atom. The van der Waals surface area contributed by atoms with Crippen LogP contribution in [0.3, 0.4) is 0 Å². The lowest BCUT2D eigenvalue weighted by molar-refractivity contribution is 0.112. The van der Waals surface area contributed by atoms with Crippen molar-refractivity contribution in [3.05, 3.63) is 22.2 Å². The van der Waals surface area contributed by atoms with Gasteiger partial charge in [0, 0.05) is 5.56 Å². The molecule has 0 atom stereocenters. The number of methoxy groups -OCH3 is 2. The van der Waals surface area contributed by atoms with Crippen LogP contribution in [-0.2, 0) is 10.3 Å². The van der Waals surface area contributed by atoms with Crippen molar-refractivity contribution in [1.29, 1.82) is 0 Å². The normalized spacial score (nSPS) is 15.3. The lowest BCUT2D eigenvalue weighted by atomic mass is 10.0. The van der Waals surface area contributed by atoms with Crippen LogP contribution < -0.4 is 9.47 Å². The number of carbonyl (C=O) groups excluding carboxylic acids is 2. The Kier molecular flexibility index (Phi) is 3.60. The first-order valence-electron chi connectivity index (χ1n) is 5.62. The molecule has 0 radical (unpaired) electrons. The molecule has 0 saturated heterocycles. The number of isocyanates is 1. The number of aliphatic imine (C=N–C) groups is 1.